The van der Waals surface area contributed by atoms with Gasteiger partial charge in [-0.15, -0.1) is 0 Å². The van der Waals surface area contributed by atoms with E-state index >= 15 is 0 Å². The zero-order chi connectivity index (χ0) is 13.8. The van der Waals surface area contributed by atoms with Crippen molar-refractivity contribution in [1.29, 1.82) is 0 Å². The molecule has 2 aromatic rings. The molecule has 0 amide bonds. The summed E-state index contributed by atoms with van der Waals surface area (Å²) < 4.78 is 12.5. The first-order chi connectivity index (χ1) is 9.15. The van der Waals surface area contributed by atoms with Crippen LogP contribution >= 0.6 is 11.3 Å². The lowest BCUT2D eigenvalue weighted by molar-refractivity contribution is 0.233. The van der Waals surface area contributed by atoms with Crippen molar-refractivity contribution >= 4 is 21.6 Å². The van der Waals surface area contributed by atoms with E-state index in [9.17, 15) is 0 Å². The molecule has 2 rings (SSSR count). The van der Waals surface area contributed by atoms with Crippen molar-refractivity contribution in [3.05, 3.63) is 11.5 Å². The average Bonchev–Trinajstić information content (AvgIpc) is 2.92. The van der Waals surface area contributed by atoms with Crippen LogP contribution in [0.15, 0.2) is 4.42 Å². The fourth-order valence-corrected chi connectivity index (χ4v) is 3.16. The molecule has 0 aliphatic rings. The number of fused-ring (bicyclic) bond motifs is 1. The minimum atomic E-state index is 0.644. The summed E-state index contributed by atoms with van der Waals surface area (Å²) in [6.07, 6.45) is 4.95. The molecular weight excluding hydrogens is 258 g/mol. The van der Waals surface area contributed by atoms with Crippen molar-refractivity contribution in [3.63, 3.8) is 0 Å². The first kappa shape index (κ1) is 14.4. The van der Waals surface area contributed by atoms with Crippen LogP contribution in [0.1, 0.15) is 51.1 Å². The molecule has 0 aromatic carbocycles. The molecule has 2 heterocycles. The predicted octanol–water partition coefficient (Wildman–Crippen LogP) is 5.10. The lowest BCUT2D eigenvalue weighted by Crippen LogP contribution is -2.11. The van der Waals surface area contributed by atoms with Crippen molar-refractivity contribution in [2.24, 2.45) is 5.92 Å². The molecule has 0 saturated heterocycles. The third kappa shape index (κ3) is 3.30. The summed E-state index contributed by atoms with van der Waals surface area (Å²) in [7, 11) is 0. The number of aromatic nitrogens is 1. The highest BCUT2D eigenvalue weighted by molar-refractivity contribution is 7.20. The van der Waals surface area contributed by atoms with Gasteiger partial charge < -0.3 is 9.15 Å². The van der Waals surface area contributed by atoms with Gasteiger partial charge in [0.25, 0.3) is 5.19 Å². The van der Waals surface area contributed by atoms with Crippen molar-refractivity contribution < 1.29 is 9.15 Å². The standard InChI is InChI=1S/C15H23NO2S/c1-5-7-8-12(6-2)9-17-15-16-13-10(3)18-11(4)14(13)19-15/h12H,5-9H2,1-4H3. The smallest absolute Gasteiger partial charge is 0.274 e. The second-order valence-electron chi connectivity index (χ2n) is 5.10. The molecule has 0 aliphatic heterocycles. The van der Waals surface area contributed by atoms with Gasteiger partial charge in [0, 0.05) is 0 Å². The Bertz CT molecular complexity index is 495. The number of aryl methyl sites for hydroxylation is 2. The second kappa shape index (κ2) is 6.42. The highest BCUT2D eigenvalue weighted by Gasteiger charge is 2.15. The monoisotopic (exact) mass is 281 g/mol. The summed E-state index contributed by atoms with van der Waals surface area (Å²) in [5.41, 5.74) is 0.958. The van der Waals surface area contributed by atoms with E-state index in [1.165, 1.54) is 25.7 Å². The van der Waals surface area contributed by atoms with Gasteiger partial charge in [-0.1, -0.05) is 44.4 Å². The van der Waals surface area contributed by atoms with Gasteiger partial charge in [0.15, 0.2) is 0 Å². The maximum Gasteiger partial charge on any atom is 0.274 e. The number of hydrogen-bond donors (Lipinski definition) is 0. The molecule has 1 atom stereocenters. The molecule has 0 aliphatic carbocycles. The summed E-state index contributed by atoms with van der Waals surface area (Å²) in [5, 5.41) is 0.780. The van der Waals surface area contributed by atoms with Crippen LogP contribution in [0.4, 0.5) is 0 Å². The van der Waals surface area contributed by atoms with Gasteiger partial charge in [-0.2, -0.15) is 4.98 Å². The molecule has 106 valence electrons. The van der Waals surface area contributed by atoms with E-state index in [1.807, 2.05) is 13.8 Å². The summed E-state index contributed by atoms with van der Waals surface area (Å²) in [6.45, 7) is 9.18. The van der Waals surface area contributed by atoms with E-state index in [1.54, 1.807) is 11.3 Å². The summed E-state index contributed by atoms with van der Waals surface area (Å²) >= 11 is 1.59. The number of unbranched alkanes of at least 4 members (excludes halogenated alkanes) is 1. The van der Waals surface area contributed by atoms with Crippen LogP contribution in [0, 0.1) is 19.8 Å². The molecule has 4 heteroatoms. The average molecular weight is 281 g/mol. The van der Waals surface area contributed by atoms with Gasteiger partial charge in [-0.05, 0) is 26.2 Å². The fourth-order valence-electron chi connectivity index (χ4n) is 2.25. The van der Waals surface area contributed by atoms with Crippen molar-refractivity contribution in [3.8, 4) is 5.19 Å². The lowest BCUT2D eigenvalue weighted by atomic mass is 10.0. The number of hydrogen-bond acceptors (Lipinski definition) is 4. The van der Waals surface area contributed by atoms with Gasteiger partial charge >= 0.3 is 0 Å². The number of thiazole rings is 1. The second-order valence-corrected chi connectivity index (χ2v) is 6.06. The summed E-state index contributed by atoms with van der Waals surface area (Å²) in [4.78, 5) is 4.52. The zero-order valence-electron chi connectivity index (χ0n) is 12.3. The zero-order valence-corrected chi connectivity index (χ0v) is 13.1. The van der Waals surface area contributed by atoms with E-state index < -0.39 is 0 Å². The van der Waals surface area contributed by atoms with Crippen LogP contribution in [0.5, 0.6) is 5.19 Å². The first-order valence-corrected chi connectivity index (χ1v) is 7.96. The Hall–Kier alpha value is -1.03. The van der Waals surface area contributed by atoms with Crippen molar-refractivity contribution in [2.75, 3.05) is 6.61 Å². The van der Waals surface area contributed by atoms with E-state index in [0.29, 0.717) is 5.92 Å². The maximum atomic E-state index is 5.88. The largest absolute Gasteiger partial charge is 0.470 e. The Balaban J connectivity index is 1.99. The molecule has 3 nitrogen and oxygen atoms in total. The topological polar surface area (TPSA) is 35.3 Å². The van der Waals surface area contributed by atoms with Crippen molar-refractivity contribution in [1.82, 2.24) is 4.98 Å². The molecule has 19 heavy (non-hydrogen) atoms. The Labute approximate surface area is 119 Å². The van der Waals surface area contributed by atoms with E-state index in [-0.39, 0.29) is 0 Å². The molecular formula is C15H23NO2S. The molecule has 0 saturated carbocycles. The summed E-state index contributed by atoms with van der Waals surface area (Å²) in [5.74, 6) is 2.47. The van der Waals surface area contributed by atoms with Gasteiger partial charge in [-0.3, -0.25) is 0 Å². The minimum absolute atomic E-state index is 0.644. The van der Waals surface area contributed by atoms with Gasteiger partial charge in [0.05, 0.1) is 11.3 Å². The van der Waals surface area contributed by atoms with Gasteiger partial charge in [0.1, 0.15) is 17.0 Å². The van der Waals surface area contributed by atoms with Crippen LogP contribution in [0.3, 0.4) is 0 Å². The van der Waals surface area contributed by atoms with Crippen LogP contribution < -0.4 is 4.74 Å². The number of nitrogens with zero attached hydrogens (tertiary/aromatic N) is 1. The maximum absolute atomic E-state index is 5.88. The molecule has 0 N–H and O–H groups in total. The van der Waals surface area contributed by atoms with E-state index in [4.69, 9.17) is 9.15 Å². The molecule has 1 unspecified atom stereocenters. The molecule has 2 aromatic heterocycles. The molecule has 0 fully saturated rings. The van der Waals surface area contributed by atoms with Crippen molar-refractivity contribution in [2.45, 2.75) is 53.4 Å². The van der Waals surface area contributed by atoms with E-state index in [2.05, 4.69) is 18.8 Å². The Morgan fingerprint density at radius 2 is 2.05 bits per heavy atom. The van der Waals surface area contributed by atoms with Crippen LogP contribution in [-0.2, 0) is 0 Å². The van der Waals surface area contributed by atoms with Crippen LogP contribution in [0.25, 0.3) is 10.2 Å². The Morgan fingerprint density at radius 1 is 1.26 bits per heavy atom. The predicted molar refractivity (Wildman–Crippen MR) is 80.2 cm³/mol. The highest BCUT2D eigenvalue weighted by Crippen LogP contribution is 2.34. The SMILES string of the molecule is CCCCC(CC)COc1nc2c(C)oc(C)c2s1. The molecule has 0 bridgehead atoms. The molecule has 0 radical (unpaired) electrons. The van der Waals surface area contributed by atoms with Gasteiger partial charge in [0.2, 0.25) is 0 Å². The third-order valence-electron chi connectivity index (χ3n) is 3.55. The highest BCUT2D eigenvalue weighted by atomic mass is 32.1. The van der Waals surface area contributed by atoms with Crippen LogP contribution in [-0.4, -0.2) is 11.6 Å². The minimum Gasteiger partial charge on any atom is -0.470 e. The molecule has 0 spiro atoms. The summed E-state index contributed by atoms with van der Waals surface area (Å²) in [6, 6.07) is 0. The number of ether oxygens (including phenoxy) is 1. The fraction of sp³-hybridized carbons (Fsp3) is 0.667. The quantitative estimate of drug-likeness (QED) is 0.708. The Kier molecular flexibility index (Phi) is 4.86. The third-order valence-corrected chi connectivity index (χ3v) is 4.62. The van der Waals surface area contributed by atoms with Crippen LogP contribution in [0.2, 0.25) is 0 Å². The Morgan fingerprint density at radius 3 is 2.68 bits per heavy atom. The number of furan rings is 1. The number of rotatable bonds is 7. The lowest BCUT2D eigenvalue weighted by Gasteiger charge is -2.13. The van der Waals surface area contributed by atoms with E-state index in [0.717, 1.165) is 33.5 Å². The first-order valence-electron chi connectivity index (χ1n) is 7.15. The van der Waals surface area contributed by atoms with Gasteiger partial charge in [-0.25, -0.2) is 0 Å². The normalized spacial score (nSPS) is 13.1.